The van der Waals surface area contributed by atoms with Crippen molar-refractivity contribution in [2.45, 2.75) is 38.0 Å². The van der Waals surface area contributed by atoms with Crippen LogP contribution in [0.2, 0.25) is 0 Å². The minimum atomic E-state index is -3.07. The van der Waals surface area contributed by atoms with E-state index < -0.39 is 9.84 Å². The third kappa shape index (κ3) is 2.54. The average Bonchev–Trinajstić information content (AvgIpc) is 2.69. The SMILES string of the molecule is CCC(C)C1Cc2ccc(S(C)(=O)=O)cc2C1. The minimum absolute atomic E-state index is 0.459. The Balaban J connectivity index is 2.28. The van der Waals surface area contributed by atoms with Crippen LogP contribution in [-0.2, 0) is 22.7 Å². The summed E-state index contributed by atoms with van der Waals surface area (Å²) in [5, 5.41) is 0. The van der Waals surface area contributed by atoms with Crippen molar-refractivity contribution in [1.29, 1.82) is 0 Å². The third-order valence-electron chi connectivity index (χ3n) is 4.02. The van der Waals surface area contributed by atoms with Crippen LogP contribution in [0.3, 0.4) is 0 Å². The number of sulfone groups is 1. The lowest BCUT2D eigenvalue weighted by molar-refractivity contribution is 0.363. The molecule has 0 aromatic heterocycles. The summed E-state index contributed by atoms with van der Waals surface area (Å²) in [6.45, 7) is 4.50. The molecule has 0 spiro atoms. The fraction of sp³-hybridized carbons (Fsp3) is 0.571. The summed E-state index contributed by atoms with van der Waals surface area (Å²) in [5.74, 6) is 1.40. The van der Waals surface area contributed by atoms with Crippen molar-refractivity contribution >= 4 is 9.84 Å². The summed E-state index contributed by atoms with van der Waals surface area (Å²) in [6, 6.07) is 5.61. The summed E-state index contributed by atoms with van der Waals surface area (Å²) < 4.78 is 23.0. The Labute approximate surface area is 104 Å². The van der Waals surface area contributed by atoms with Crippen LogP contribution < -0.4 is 0 Å². The number of benzene rings is 1. The Hall–Kier alpha value is -0.830. The molecule has 17 heavy (non-hydrogen) atoms. The van der Waals surface area contributed by atoms with Crippen molar-refractivity contribution in [2.24, 2.45) is 11.8 Å². The fourth-order valence-corrected chi connectivity index (χ4v) is 3.27. The van der Waals surface area contributed by atoms with Crippen LogP contribution in [0.1, 0.15) is 31.4 Å². The first kappa shape index (κ1) is 12.6. The number of hydrogen-bond acceptors (Lipinski definition) is 2. The van der Waals surface area contributed by atoms with Gasteiger partial charge in [0.15, 0.2) is 9.84 Å². The molecule has 0 bridgehead atoms. The van der Waals surface area contributed by atoms with Crippen LogP contribution in [0.5, 0.6) is 0 Å². The molecule has 0 radical (unpaired) electrons. The van der Waals surface area contributed by atoms with Gasteiger partial charge in [0, 0.05) is 6.26 Å². The predicted molar refractivity (Wildman–Crippen MR) is 69.9 cm³/mol. The molecular weight excluding hydrogens is 232 g/mol. The van der Waals surface area contributed by atoms with Gasteiger partial charge in [0.05, 0.1) is 4.90 Å². The van der Waals surface area contributed by atoms with E-state index in [1.165, 1.54) is 23.8 Å². The lowest BCUT2D eigenvalue weighted by atomic mass is 9.89. The standard InChI is InChI=1S/C14H20O2S/c1-4-10(2)12-7-11-5-6-14(17(3,15)16)9-13(11)8-12/h5-6,9-10,12H,4,7-8H2,1-3H3. The lowest BCUT2D eigenvalue weighted by Gasteiger charge is -2.16. The molecular formula is C14H20O2S. The highest BCUT2D eigenvalue weighted by molar-refractivity contribution is 7.90. The minimum Gasteiger partial charge on any atom is -0.224 e. The van der Waals surface area contributed by atoms with Gasteiger partial charge in [-0.1, -0.05) is 26.3 Å². The Morgan fingerprint density at radius 3 is 2.53 bits per heavy atom. The van der Waals surface area contributed by atoms with Crippen molar-refractivity contribution in [3.8, 4) is 0 Å². The molecule has 3 heteroatoms. The fourth-order valence-electron chi connectivity index (χ4n) is 2.59. The molecule has 1 aromatic rings. The molecule has 1 aliphatic carbocycles. The van der Waals surface area contributed by atoms with E-state index in [2.05, 4.69) is 13.8 Å². The Morgan fingerprint density at radius 2 is 1.94 bits per heavy atom. The van der Waals surface area contributed by atoms with Gasteiger partial charge < -0.3 is 0 Å². The van der Waals surface area contributed by atoms with E-state index in [4.69, 9.17) is 0 Å². The number of hydrogen-bond donors (Lipinski definition) is 0. The van der Waals surface area contributed by atoms with Crippen molar-refractivity contribution in [1.82, 2.24) is 0 Å². The van der Waals surface area contributed by atoms with Gasteiger partial charge >= 0.3 is 0 Å². The van der Waals surface area contributed by atoms with Gasteiger partial charge in [-0.3, -0.25) is 0 Å². The van der Waals surface area contributed by atoms with Gasteiger partial charge in [-0.05, 0) is 47.9 Å². The highest BCUT2D eigenvalue weighted by Crippen LogP contribution is 2.33. The van der Waals surface area contributed by atoms with Gasteiger partial charge in [0.2, 0.25) is 0 Å². The Morgan fingerprint density at radius 1 is 1.29 bits per heavy atom. The molecule has 0 heterocycles. The zero-order valence-electron chi connectivity index (χ0n) is 10.7. The van der Waals surface area contributed by atoms with Crippen molar-refractivity contribution < 1.29 is 8.42 Å². The second kappa shape index (κ2) is 4.45. The topological polar surface area (TPSA) is 34.1 Å². The van der Waals surface area contributed by atoms with Crippen LogP contribution in [0.25, 0.3) is 0 Å². The van der Waals surface area contributed by atoms with Gasteiger partial charge in [-0.2, -0.15) is 0 Å². The van der Waals surface area contributed by atoms with E-state index >= 15 is 0 Å². The molecule has 0 saturated carbocycles. The zero-order chi connectivity index (χ0) is 12.6. The van der Waals surface area contributed by atoms with E-state index in [0.29, 0.717) is 16.7 Å². The van der Waals surface area contributed by atoms with Crippen molar-refractivity contribution in [3.05, 3.63) is 29.3 Å². The highest BCUT2D eigenvalue weighted by atomic mass is 32.2. The van der Waals surface area contributed by atoms with Gasteiger partial charge in [-0.15, -0.1) is 0 Å². The maximum atomic E-state index is 11.5. The lowest BCUT2D eigenvalue weighted by Crippen LogP contribution is -2.10. The van der Waals surface area contributed by atoms with Crippen LogP contribution in [0, 0.1) is 11.8 Å². The van der Waals surface area contributed by atoms with E-state index in [0.717, 1.165) is 12.8 Å². The molecule has 0 saturated heterocycles. The largest absolute Gasteiger partial charge is 0.224 e. The first-order chi connectivity index (χ1) is 7.91. The molecule has 2 nitrogen and oxygen atoms in total. The summed E-state index contributed by atoms with van der Waals surface area (Å²) in [5.41, 5.74) is 2.57. The van der Waals surface area contributed by atoms with Crippen LogP contribution >= 0.6 is 0 Å². The van der Waals surface area contributed by atoms with Crippen LogP contribution in [-0.4, -0.2) is 14.7 Å². The van der Waals surface area contributed by atoms with Gasteiger partial charge in [0.25, 0.3) is 0 Å². The molecule has 0 aliphatic heterocycles. The first-order valence-corrected chi connectivity index (χ1v) is 8.12. The van der Waals surface area contributed by atoms with Crippen LogP contribution in [0.4, 0.5) is 0 Å². The summed E-state index contributed by atoms with van der Waals surface area (Å²) in [7, 11) is -3.07. The van der Waals surface area contributed by atoms with Crippen molar-refractivity contribution in [3.63, 3.8) is 0 Å². The highest BCUT2D eigenvalue weighted by Gasteiger charge is 2.26. The van der Waals surface area contributed by atoms with Gasteiger partial charge in [-0.25, -0.2) is 8.42 Å². The molecule has 2 unspecified atom stereocenters. The molecule has 94 valence electrons. The number of fused-ring (bicyclic) bond motifs is 1. The second-order valence-corrected chi connectivity index (χ2v) is 7.27. The Bertz CT molecular complexity index is 517. The summed E-state index contributed by atoms with van der Waals surface area (Å²) in [4.78, 5) is 0.459. The van der Waals surface area contributed by atoms with E-state index in [9.17, 15) is 8.42 Å². The molecule has 1 aliphatic rings. The van der Waals surface area contributed by atoms with E-state index in [1.54, 1.807) is 6.07 Å². The van der Waals surface area contributed by atoms with E-state index in [-0.39, 0.29) is 0 Å². The third-order valence-corrected chi connectivity index (χ3v) is 5.13. The molecule has 1 aromatic carbocycles. The van der Waals surface area contributed by atoms with Gasteiger partial charge in [0.1, 0.15) is 0 Å². The molecule has 0 N–H and O–H groups in total. The average molecular weight is 252 g/mol. The quantitative estimate of drug-likeness (QED) is 0.829. The molecule has 0 amide bonds. The van der Waals surface area contributed by atoms with Crippen LogP contribution in [0.15, 0.2) is 23.1 Å². The first-order valence-electron chi connectivity index (χ1n) is 6.23. The maximum Gasteiger partial charge on any atom is 0.175 e. The zero-order valence-corrected chi connectivity index (χ0v) is 11.5. The second-order valence-electron chi connectivity index (χ2n) is 5.26. The molecule has 2 atom stereocenters. The van der Waals surface area contributed by atoms with E-state index in [1.807, 2.05) is 12.1 Å². The smallest absolute Gasteiger partial charge is 0.175 e. The normalized spacial score (nSPS) is 21.2. The number of rotatable bonds is 3. The maximum absolute atomic E-state index is 11.5. The predicted octanol–water partition coefficient (Wildman–Crippen LogP) is 2.85. The molecule has 2 rings (SSSR count). The summed E-state index contributed by atoms with van der Waals surface area (Å²) in [6.07, 6.45) is 4.61. The Kier molecular flexibility index (Phi) is 3.30. The molecule has 0 fully saturated rings. The summed E-state index contributed by atoms with van der Waals surface area (Å²) >= 11 is 0. The monoisotopic (exact) mass is 252 g/mol. The van der Waals surface area contributed by atoms with Crippen molar-refractivity contribution in [2.75, 3.05) is 6.26 Å².